The lowest BCUT2D eigenvalue weighted by Crippen LogP contribution is -2.18. The highest BCUT2D eigenvalue weighted by Crippen LogP contribution is 2.32. The quantitative estimate of drug-likeness (QED) is 0.674. The van der Waals surface area contributed by atoms with Gasteiger partial charge in [0.15, 0.2) is 0 Å². The summed E-state index contributed by atoms with van der Waals surface area (Å²) in [5.74, 6) is 0.243. The van der Waals surface area contributed by atoms with E-state index in [2.05, 4.69) is 10.3 Å². The van der Waals surface area contributed by atoms with Gasteiger partial charge in [0, 0.05) is 24.7 Å². The Hall–Kier alpha value is -2.50. The molecule has 1 aromatic heterocycles. The molecular formula is C19H17Cl2N3O2. The first-order valence-electron chi connectivity index (χ1n) is 7.90. The molecule has 1 heterocycles. The monoisotopic (exact) mass is 389 g/mol. The summed E-state index contributed by atoms with van der Waals surface area (Å²) in [6.07, 6.45) is 1.57. The number of carbonyl (C=O) groups excluding carboxylic acids is 1. The van der Waals surface area contributed by atoms with Crippen LogP contribution in [0, 0.1) is 0 Å². The SMILES string of the molecule is CN(C)c1c(Cl)cccc1NC(=O)Cc1coc(-c2ccc(Cl)cc2)n1. The number of rotatable bonds is 5. The van der Waals surface area contributed by atoms with Gasteiger partial charge in [-0.3, -0.25) is 4.79 Å². The Balaban J connectivity index is 1.72. The molecular weight excluding hydrogens is 373 g/mol. The molecule has 7 heteroatoms. The summed E-state index contributed by atoms with van der Waals surface area (Å²) in [4.78, 5) is 18.6. The number of amides is 1. The van der Waals surface area contributed by atoms with E-state index in [1.165, 1.54) is 6.26 Å². The average molecular weight is 390 g/mol. The van der Waals surface area contributed by atoms with Gasteiger partial charge in [0.2, 0.25) is 11.8 Å². The van der Waals surface area contributed by atoms with E-state index < -0.39 is 0 Å². The first-order valence-corrected chi connectivity index (χ1v) is 8.65. The number of carbonyl (C=O) groups is 1. The van der Waals surface area contributed by atoms with Crippen molar-refractivity contribution in [2.24, 2.45) is 0 Å². The molecule has 3 rings (SSSR count). The topological polar surface area (TPSA) is 58.4 Å². The van der Waals surface area contributed by atoms with Gasteiger partial charge in [-0.25, -0.2) is 4.98 Å². The first-order chi connectivity index (χ1) is 12.4. The summed E-state index contributed by atoms with van der Waals surface area (Å²) in [6, 6.07) is 12.5. The van der Waals surface area contributed by atoms with Crippen molar-refractivity contribution in [2.75, 3.05) is 24.3 Å². The largest absolute Gasteiger partial charge is 0.444 e. The summed E-state index contributed by atoms with van der Waals surface area (Å²) >= 11 is 12.1. The van der Waals surface area contributed by atoms with Gasteiger partial charge in [-0.2, -0.15) is 0 Å². The van der Waals surface area contributed by atoms with Crippen molar-refractivity contribution in [3.8, 4) is 11.5 Å². The van der Waals surface area contributed by atoms with Gasteiger partial charge < -0.3 is 14.6 Å². The maximum absolute atomic E-state index is 12.4. The highest BCUT2D eigenvalue weighted by molar-refractivity contribution is 6.34. The van der Waals surface area contributed by atoms with Crippen LogP contribution in [0.25, 0.3) is 11.5 Å². The number of nitrogens with one attached hydrogen (secondary N) is 1. The van der Waals surface area contributed by atoms with E-state index in [1.807, 2.05) is 31.1 Å². The summed E-state index contributed by atoms with van der Waals surface area (Å²) in [7, 11) is 3.74. The van der Waals surface area contributed by atoms with Crippen molar-refractivity contribution in [1.82, 2.24) is 4.98 Å². The number of hydrogen-bond acceptors (Lipinski definition) is 4. The standard InChI is InChI=1S/C19H17Cl2N3O2/c1-24(2)18-15(21)4-3-5-16(18)23-17(25)10-14-11-26-19(22-14)12-6-8-13(20)9-7-12/h3-9,11H,10H2,1-2H3,(H,23,25). The van der Waals surface area contributed by atoms with E-state index in [0.29, 0.717) is 27.3 Å². The number of para-hydroxylation sites is 1. The van der Waals surface area contributed by atoms with Crippen LogP contribution in [-0.4, -0.2) is 25.0 Å². The summed E-state index contributed by atoms with van der Waals surface area (Å²) in [5.41, 5.74) is 2.74. The minimum Gasteiger partial charge on any atom is -0.444 e. The molecule has 0 aliphatic rings. The molecule has 0 atom stereocenters. The van der Waals surface area contributed by atoms with Gasteiger partial charge in [0.05, 0.1) is 28.5 Å². The van der Waals surface area contributed by atoms with Gasteiger partial charge in [0.25, 0.3) is 0 Å². The Morgan fingerprint density at radius 2 is 1.88 bits per heavy atom. The Morgan fingerprint density at radius 1 is 1.15 bits per heavy atom. The van der Waals surface area contributed by atoms with E-state index in [4.69, 9.17) is 27.6 Å². The lowest BCUT2D eigenvalue weighted by molar-refractivity contribution is -0.115. The minimum atomic E-state index is -0.202. The molecule has 0 unspecified atom stereocenters. The van der Waals surface area contributed by atoms with Crippen LogP contribution in [0.2, 0.25) is 10.0 Å². The molecule has 0 aliphatic carbocycles. The molecule has 0 spiro atoms. The van der Waals surface area contributed by atoms with Crippen LogP contribution >= 0.6 is 23.2 Å². The van der Waals surface area contributed by atoms with Gasteiger partial charge in [-0.15, -0.1) is 0 Å². The van der Waals surface area contributed by atoms with Crippen LogP contribution in [0.1, 0.15) is 5.69 Å². The van der Waals surface area contributed by atoms with E-state index in [1.54, 1.807) is 30.3 Å². The van der Waals surface area contributed by atoms with E-state index in [0.717, 1.165) is 11.3 Å². The highest BCUT2D eigenvalue weighted by Gasteiger charge is 2.14. The molecule has 0 aliphatic heterocycles. The van der Waals surface area contributed by atoms with Gasteiger partial charge >= 0.3 is 0 Å². The number of hydrogen-bond donors (Lipinski definition) is 1. The summed E-state index contributed by atoms with van der Waals surface area (Å²) < 4.78 is 5.46. The first kappa shape index (κ1) is 18.3. The van der Waals surface area contributed by atoms with Gasteiger partial charge in [-0.05, 0) is 36.4 Å². The number of anilines is 2. The Morgan fingerprint density at radius 3 is 2.58 bits per heavy atom. The molecule has 0 radical (unpaired) electrons. The maximum Gasteiger partial charge on any atom is 0.230 e. The third-order valence-electron chi connectivity index (χ3n) is 3.69. The molecule has 0 saturated heterocycles. The molecule has 1 amide bonds. The zero-order valence-electron chi connectivity index (χ0n) is 14.3. The molecule has 3 aromatic rings. The molecule has 26 heavy (non-hydrogen) atoms. The van der Waals surface area contributed by atoms with Crippen LogP contribution < -0.4 is 10.2 Å². The lowest BCUT2D eigenvalue weighted by Gasteiger charge is -2.19. The van der Waals surface area contributed by atoms with Crippen LogP contribution in [-0.2, 0) is 11.2 Å². The van der Waals surface area contributed by atoms with Crippen LogP contribution in [0.5, 0.6) is 0 Å². The van der Waals surface area contributed by atoms with Crippen LogP contribution in [0.3, 0.4) is 0 Å². The van der Waals surface area contributed by atoms with Crippen molar-refractivity contribution < 1.29 is 9.21 Å². The van der Waals surface area contributed by atoms with E-state index >= 15 is 0 Å². The van der Waals surface area contributed by atoms with Crippen molar-refractivity contribution in [3.05, 3.63) is 64.5 Å². The maximum atomic E-state index is 12.4. The lowest BCUT2D eigenvalue weighted by atomic mass is 10.2. The third kappa shape index (κ3) is 4.18. The number of nitrogens with zero attached hydrogens (tertiary/aromatic N) is 2. The van der Waals surface area contributed by atoms with Crippen LogP contribution in [0.4, 0.5) is 11.4 Å². The van der Waals surface area contributed by atoms with Crippen molar-refractivity contribution in [3.63, 3.8) is 0 Å². The second-order valence-electron chi connectivity index (χ2n) is 5.91. The second kappa shape index (κ2) is 7.81. The highest BCUT2D eigenvalue weighted by atomic mass is 35.5. The van der Waals surface area contributed by atoms with Gasteiger partial charge in [-0.1, -0.05) is 29.3 Å². The molecule has 2 aromatic carbocycles. The van der Waals surface area contributed by atoms with Crippen LogP contribution in [0.15, 0.2) is 53.1 Å². The fourth-order valence-corrected chi connectivity index (χ4v) is 3.01. The fourth-order valence-electron chi connectivity index (χ4n) is 2.54. The van der Waals surface area contributed by atoms with Gasteiger partial charge in [0.1, 0.15) is 6.26 Å². The number of halogens is 2. The summed E-state index contributed by atoms with van der Waals surface area (Å²) in [5, 5.41) is 4.08. The predicted molar refractivity (Wildman–Crippen MR) is 105 cm³/mol. The zero-order chi connectivity index (χ0) is 18.7. The van der Waals surface area contributed by atoms with Crippen molar-refractivity contribution in [2.45, 2.75) is 6.42 Å². The Labute approximate surface area is 161 Å². The molecule has 134 valence electrons. The Kier molecular flexibility index (Phi) is 5.49. The molecule has 0 saturated carbocycles. The van der Waals surface area contributed by atoms with E-state index in [-0.39, 0.29) is 12.3 Å². The van der Waals surface area contributed by atoms with Crippen molar-refractivity contribution >= 4 is 40.5 Å². The van der Waals surface area contributed by atoms with Crippen molar-refractivity contribution in [1.29, 1.82) is 0 Å². The summed E-state index contributed by atoms with van der Waals surface area (Å²) in [6.45, 7) is 0. The number of benzene rings is 2. The fraction of sp³-hybridized carbons (Fsp3) is 0.158. The smallest absolute Gasteiger partial charge is 0.230 e. The second-order valence-corrected chi connectivity index (χ2v) is 6.75. The molecule has 1 N–H and O–H groups in total. The third-order valence-corrected chi connectivity index (χ3v) is 4.25. The average Bonchev–Trinajstić information content (AvgIpc) is 3.03. The minimum absolute atomic E-state index is 0.0937. The Bertz CT molecular complexity index is 921. The number of aromatic nitrogens is 1. The predicted octanol–water partition coefficient (Wildman–Crippen LogP) is 4.90. The molecule has 5 nitrogen and oxygen atoms in total. The molecule has 0 fully saturated rings. The zero-order valence-corrected chi connectivity index (χ0v) is 15.8. The van der Waals surface area contributed by atoms with E-state index in [9.17, 15) is 4.79 Å². The number of oxazole rings is 1. The normalized spacial score (nSPS) is 10.6. The molecule has 0 bridgehead atoms.